The maximum atomic E-state index is 12.3. The summed E-state index contributed by atoms with van der Waals surface area (Å²) in [5, 5.41) is 20.3. The van der Waals surface area contributed by atoms with E-state index in [0.29, 0.717) is 18.5 Å². The SMILES string of the molecule is Cc1c(CC(=O)NC2(C(=O)O)CCCC2)nnn1-c1ccccc1. The van der Waals surface area contributed by atoms with Gasteiger partial charge in [-0.1, -0.05) is 36.3 Å². The minimum Gasteiger partial charge on any atom is -0.480 e. The number of carbonyl (C=O) groups is 2. The maximum absolute atomic E-state index is 12.3. The number of hydrogen-bond acceptors (Lipinski definition) is 4. The van der Waals surface area contributed by atoms with Crippen LogP contribution in [0.15, 0.2) is 30.3 Å². The molecule has 1 aromatic carbocycles. The minimum absolute atomic E-state index is 0.0215. The van der Waals surface area contributed by atoms with E-state index >= 15 is 0 Å². The van der Waals surface area contributed by atoms with E-state index in [0.717, 1.165) is 24.2 Å². The van der Waals surface area contributed by atoms with Crippen LogP contribution in [0, 0.1) is 6.92 Å². The Bertz CT molecular complexity index is 748. The summed E-state index contributed by atoms with van der Waals surface area (Å²) in [5.74, 6) is -1.29. The molecule has 7 heteroatoms. The number of nitrogens with one attached hydrogen (secondary N) is 1. The largest absolute Gasteiger partial charge is 0.480 e. The summed E-state index contributed by atoms with van der Waals surface area (Å²) in [6.07, 6.45) is 2.60. The van der Waals surface area contributed by atoms with E-state index in [9.17, 15) is 14.7 Å². The lowest BCUT2D eigenvalue weighted by molar-refractivity contribution is -0.147. The quantitative estimate of drug-likeness (QED) is 0.869. The van der Waals surface area contributed by atoms with Crippen LogP contribution in [0.25, 0.3) is 5.69 Å². The topological polar surface area (TPSA) is 97.1 Å². The fourth-order valence-corrected chi connectivity index (χ4v) is 3.17. The number of rotatable bonds is 5. The standard InChI is InChI=1S/C17H20N4O3/c1-12-14(19-20-21(12)13-7-3-2-4-8-13)11-15(22)18-17(16(23)24)9-5-6-10-17/h2-4,7-8H,5-6,9-11H2,1H3,(H,18,22)(H,23,24). The van der Waals surface area contributed by atoms with Gasteiger partial charge in [0.2, 0.25) is 5.91 Å². The van der Waals surface area contributed by atoms with Gasteiger partial charge in [0.25, 0.3) is 0 Å². The number of hydrogen-bond donors (Lipinski definition) is 2. The lowest BCUT2D eigenvalue weighted by Gasteiger charge is -2.25. The van der Waals surface area contributed by atoms with Gasteiger partial charge in [-0.15, -0.1) is 5.10 Å². The number of aromatic nitrogens is 3. The molecule has 0 unspecified atom stereocenters. The molecule has 1 aromatic heterocycles. The average Bonchev–Trinajstić information content (AvgIpc) is 3.17. The molecule has 0 radical (unpaired) electrons. The zero-order chi connectivity index (χ0) is 17.2. The molecule has 0 spiro atoms. The molecule has 126 valence electrons. The molecule has 1 saturated carbocycles. The van der Waals surface area contributed by atoms with Crippen molar-refractivity contribution in [3.05, 3.63) is 41.7 Å². The first kappa shape index (κ1) is 16.2. The molecule has 24 heavy (non-hydrogen) atoms. The van der Waals surface area contributed by atoms with E-state index in [2.05, 4.69) is 15.6 Å². The first-order valence-electron chi connectivity index (χ1n) is 8.03. The predicted octanol–water partition coefficient (Wildman–Crippen LogP) is 1.63. The monoisotopic (exact) mass is 328 g/mol. The number of carbonyl (C=O) groups excluding carboxylic acids is 1. The Morgan fingerprint density at radius 3 is 2.54 bits per heavy atom. The zero-order valence-corrected chi connectivity index (χ0v) is 13.5. The van der Waals surface area contributed by atoms with Crippen LogP contribution in [0.2, 0.25) is 0 Å². The van der Waals surface area contributed by atoms with E-state index in [-0.39, 0.29) is 12.3 Å². The van der Waals surface area contributed by atoms with Gasteiger partial charge in [-0.25, -0.2) is 9.48 Å². The van der Waals surface area contributed by atoms with Crippen LogP contribution >= 0.6 is 0 Å². The van der Waals surface area contributed by atoms with Gasteiger partial charge >= 0.3 is 5.97 Å². The van der Waals surface area contributed by atoms with E-state index in [4.69, 9.17) is 0 Å². The average molecular weight is 328 g/mol. The van der Waals surface area contributed by atoms with Crippen LogP contribution in [0.1, 0.15) is 37.1 Å². The van der Waals surface area contributed by atoms with Crippen LogP contribution in [0.3, 0.4) is 0 Å². The van der Waals surface area contributed by atoms with Crippen molar-refractivity contribution < 1.29 is 14.7 Å². The van der Waals surface area contributed by atoms with Crippen LogP contribution in [0.5, 0.6) is 0 Å². The number of benzene rings is 1. The summed E-state index contributed by atoms with van der Waals surface area (Å²) in [6.45, 7) is 1.85. The number of carboxylic acid groups (broad SMARTS) is 1. The third kappa shape index (κ3) is 3.02. The molecule has 1 heterocycles. The molecule has 3 rings (SSSR count). The van der Waals surface area contributed by atoms with Crippen LogP contribution in [-0.2, 0) is 16.0 Å². The first-order chi connectivity index (χ1) is 11.5. The molecule has 2 aromatic rings. The smallest absolute Gasteiger partial charge is 0.329 e. The van der Waals surface area contributed by atoms with Gasteiger partial charge in [-0.2, -0.15) is 0 Å². The molecule has 1 aliphatic carbocycles. The fraction of sp³-hybridized carbons (Fsp3) is 0.412. The molecule has 7 nitrogen and oxygen atoms in total. The van der Waals surface area contributed by atoms with Crippen molar-refractivity contribution in [3.63, 3.8) is 0 Å². The third-order valence-electron chi connectivity index (χ3n) is 4.56. The normalized spacial score (nSPS) is 16.0. The second kappa shape index (κ2) is 6.43. The van der Waals surface area contributed by atoms with Crippen molar-refractivity contribution in [2.75, 3.05) is 0 Å². The van der Waals surface area contributed by atoms with Gasteiger partial charge in [0.1, 0.15) is 5.54 Å². The van der Waals surface area contributed by atoms with Gasteiger partial charge in [0.05, 0.1) is 23.5 Å². The van der Waals surface area contributed by atoms with Crippen molar-refractivity contribution in [2.24, 2.45) is 0 Å². The summed E-state index contributed by atoms with van der Waals surface area (Å²) >= 11 is 0. The maximum Gasteiger partial charge on any atom is 0.329 e. The summed E-state index contributed by atoms with van der Waals surface area (Å²) in [5.41, 5.74) is 1.06. The molecule has 0 saturated heterocycles. The van der Waals surface area contributed by atoms with Crippen molar-refractivity contribution >= 4 is 11.9 Å². The Kier molecular flexibility index (Phi) is 4.33. The van der Waals surface area contributed by atoms with Crippen molar-refractivity contribution in [3.8, 4) is 5.69 Å². The molecule has 0 aliphatic heterocycles. The highest BCUT2D eigenvalue weighted by atomic mass is 16.4. The molecular weight excluding hydrogens is 308 g/mol. The molecule has 0 bridgehead atoms. The number of amides is 1. The highest BCUT2D eigenvalue weighted by molar-refractivity contribution is 5.88. The van der Waals surface area contributed by atoms with Crippen molar-refractivity contribution in [2.45, 2.75) is 44.6 Å². The number of carboxylic acids is 1. The lowest BCUT2D eigenvalue weighted by atomic mass is 9.97. The lowest BCUT2D eigenvalue weighted by Crippen LogP contribution is -2.53. The zero-order valence-electron chi connectivity index (χ0n) is 13.5. The predicted molar refractivity (Wildman–Crippen MR) is 86.8 cm³/mol. The number of para-hydroxylation sites is 1. The van der Waals surface area contributed by atoms with Crippen molar-refractivity contribution in [1.82, 2.24) is 20.3 Å². The summed E-state index contributed by atoms with van der Waals surface area (Å²) in [7, 11) is 0. The number of aliphatic carboxylic acids is 1. The minimum atomic E-state index is -1.12. The van der Waals surface area contributed by atoms with Gasteiger partial charge in [-0.05, 0) is 31.9 Å². The molecular formula is C17H20N4O3. The summed E-state index contributed by atoms with van der Waals surface area (Å²) in [4.78, 5) is 23.8. The van der Waals surface area contributed by atoms with Gasteiger partial charge in [0.15, 0.2) is 0 Å². The Hall–Kier alpha value is -2.70. The van der Waals surface area contributed by atoms with E-state index < -0.39 is 11.5 Å². The molecule has 0 atom stereocenters. The summed E-state index contributed by atoms with van der Waals surface area (Å²) in [6, 6.07) is 9.53. The van der Waals surface area contributed by atoms with Crippen LogP contribution in [-0.4, -0.2) is 37.5 Å². The third-order valence-corrected chi connectivity index (χ3v) is 4.56. The first-order valence-corrected chi connectivity index (χ1v) is 8.03. The second-order valence-corrected chi connectivity index (χ2v) is 6.19. The molecule has 1 fully saturated rings. The molecule has 2 N–H and O–H groups in total. The van der Waals surface area contributed by atoms with E-state index in [1.807, 2.05) is 37.3 Å². The van der Waals surface area contributed by atoms with E-state index in [1.54, 1.807) is 4.68 Å². The Morgan fingerprint density at radius 1 is 1.25 bits per heavy atom. The Balaban J connectivity index is 1.74. The molecule has 1 aliphatic rings. The fourth-order valence-electron chi connectivity index (χ4n) is 3.17. The van der Waals surface area contributed by atoms with E-state index in [1.165, 1.54) is 0 Å². The summed E-state index contributed by atoms with van der Waals surface area (Å²) < 4.78 is 1.67. The second-order valence-electron chi connectivity index (χ2n) is 6.19. The Morgan fingerprint density at radius 2 is 1.92 bits per heavy atom. The highest BCUT2D eigenvalue weighted by Gasteiger charge is 2.42. The van der Waals surface area contributed by atoms with Gasteiger partial charge in [0, 0.05) is 0 Å². The van der Waals surface area contributed by atoms with Crippen molar-refractivity contribution in [1.29, 1.82) is 0 Å². The highest BCUT2D eigenvalue weighted by Crippen LogP contribution is 2.30. The number of nitrogens with zero attached hydrogens (tertiary/aromatic N) is 3. The Labute approximate surface area is 139 Å². The van der Waals surface area contributed by atoms with Gasteiger partial charge in [-0.3, -0.25) is 4.79 Å². The molecule has 1 amide bonds. The van der Waals surface area contributed by atoms with Crippen LogP contribution in [0.4, 0.5) is 0 Å². The van der Waals surface area contributed by atoms with Gasteiger partial charge < -0.3 is 10.4 Å². The van der Waals surface area contributed by atoms with Crippen LogP contribution < -0.4 is 5.32 Å².